The number of carbonyl (C=O) groups excluding carboxylic acids is 1. The van der Waals surface area contributed by atoms with Gasteiger partial charge in [-0.15, -0.1) is 10.2 Å². The van der Waals surface area contributed by atoms with Crippen LogP contribution >= 0.6 is 11.3 Å². The average Bonchev–Trinajstić information content (AvgIpc) is 3.01. The molecule has 2 aromatic rings. The molecular weight excluding hydrogens is 324 g/mol. The quantitative estimate of drug-likeness (QED) is 0.746. The van der Waals surface area contributed by atoms with Crippen molar-refractivity contribution in [3.63, 3.8) is 0 Å². The van der Waals surface area contributed by atoms with Gasteiger partial charge in [-0.05, 0) is 18.4 Å². The molecule has 0 saturated carbocycles. The Morgan fingerprint density at radius 1 is 1.25 bits per heavy atom. The van der Waals surface area contributed by atoms with Crippen LogP contribution in [0.25, 0.3) is 0 Å². The summed E-state index contributed by atoms with van der Waals surface area (Å²) in [5, 5.41) is 24.2. The van der Waals surface area contributed by atoms with E-state index >= 15 is 0 Å². The minimum absolute atomic E-state index is 0.0952. The lowest BCUT2D eigenvalue weighted by Crippen LogP contribution is -2.32. The molecule has 0 fully saturated rings. The summed E-state index contributed by atoms with van der Waals surface area (Å²) >= 11 is 1.37. The number of rotatable bonds is 6. The molecule has 0 spiro atoms. The van der Waals surface area contributed by atoms with Crippen molar-refractivity contribution in [1.29, 1.82) is 0 Å². The number of nitrogens with one attached hydrogen (secondary N) is 2. The predicted molar refractivity (Wildman–Crippen MR) is 96.3 cm³/mol. The van der Waals surface area contributed by atoms with Crippen LogP contribution in [0, 0.1) is 0 Å². The van der Waals surface area contributed by atoms with Gasteiger partial charge in [-0.3, -0.25) is 5.32 Å². The summed E-state index contributed by atoms with van der Waals surface area (Å²) < 4.78 is 0. The van der Waals surface area contributed by atoms with E-state index in [1.807, 2.05) is 30.3 Å². The van der Waals surface area contributed by atoms with Gasteiger partial charge in [-0.2, -0.15) is 0 Å². The van der Waals surface area contributed by atoms with Crippen LogP contribution in [0.1, 0.15) is 50.2 Å². The summed E-state index contributed by atoms with van der Waals surface area (Å²) in [5.41, 5.74) is 0.913. The van der Waals surface area contributed by atoms with E-state index in [0.29, 0.717) is 18.0 Å². The van der Waals surface area contributed by atoms with Crippen molar-refractivity contribution in [2.45, 2.75) is 45.1 Å². The first-order chi connectivity index (χ1) is 11.4. The Kier molecular flexibility index (Phi) is 6.28. The van der Waals surface area contributed by atoms with Gasteiger partial charge in [0.15, 0.2) is 0 Å². The van der Waals surface area contributed by atoms with Crippen LogP contribution in [0.2, 0.25) is 0 Å². The smallest absolute Gasteiger partial charge is 0.321 e. The number of aliphatic hydroxyl groups is 1. The number of hydrogen-bond acceptors (Lipinski definition) is 5. The molecule has 1 unspecified atom stereocenters. The number of anilines is 1. The van der Waals surface area contributed by atoms with Crippen molar-refractivity contribution < 1.29 is 9.90 Å². The fourth-order valence-corrected chi connectivity index (χ4v) is 2.97. The minimum atomic E-state index is -0.321. The molecule has 1 aromatic carbocycles. The van der Waals surface area contributed by atoms with E-state index in [4.69, 9.17) is 5.11 Å². The number of aliphatic hydroxyl groups excluding tert-OH is 1. The summed E-state index contributed by atoms with van der Waals surface area (Å²) in [4.78, 5) is 12.3. The van der Waals surface area contributed by atoms with E-state index < -0.39 is 0 Å². The Morgan fingerprint density at radius 2 is 1.96 bits per heavy atom. The van der Waals surface area contributed by atoms with E-state index in [1.54, 1.807) is 0 Å². The SMILES string of the molecule is CC(C)(C)c1nnc(NC(=O)NC(CCCO)c2ccccc2)s1. The van der Waals surface area contributed by atoms with Crippen molar-refractivity contribution in [1.82, 2.24) is 15.5 Å². The number of carbonyl (C=O) groups is 1. The number of amides is 2. The topological polar surface area (TPSA) is 87.1 Å². The second-order valence-electron chi connectivity index (χ2n) is 6.59. The van der Waals surface area contributed by atoms with E-state index in [2.05, 4.69) is 41.6 Å². The van der Waals surface area contributed by atoms with Crippen LogP contribution in [0.3, 0.4) is 0 Å². The molecule has 1 aromatic heterocycles. The predicted octanol–water partition coefficient (Wildman–Crippen LogP) is 3.47. The zero-order valence-corrected chi connectivity index (χ0v) is 15.1. The normalized spacial score (nSPS) is 12.7. The third-order valence-electron chi connectivity index (χ3n) is 3.45. The van der Waals surface area contributed by atoms with Crippen LogP contribution in [0.4, 0.5) is 9.93 Å². The van der Waals surface area contributed by atoms with Gasteiger partial charge >= 0.3 is 6.03 Å². The van der Waals surface area contributed by atoms with Gasteiger partial charge < -0.3 is 10.4 Å². The molecule has 0 radical (unpaired) electrons. The van der Waals surface area contributed by atoms with Crippen molar-refractivity contribution >= 4 is 22.5 Å². The molecule has 3 N–H and O–H groups in total. The van der Waals surface area contributed by atoms with Gasteiger partial charge in [0, 0.05) is 12.0 Å². The molecular formula is C17H24N4O2S. The summed E-state index contributed by atoms with van der Waals surface area (Å²) in [6.07, 6.45) is 1.28. The summed E-state index contributed by atoms with van der Waals surface area (Å²) in [7, 11) is 0. The summed E-state index contributed by atoms with van der Waals surface area (Å²) in [6, 6.07) is 9.24. The molecule has 1 atom stereocenters. The Morgan fingerprint density at radius 3 is 2.54 bits per heavy atom. The summed E-state index contributed by atoms with van der Waals surface area (Å²) in [5.74, 6) is 0. The molecule has 2 rings (SSSR count). The van der Waals surface area contributed by atoms with Crippen LogP contribution in [-0.2, 0) is 5.41 Å². The molecule has 1 heterocycles. The van der Waals surface area contributed by atoms with Crippen LogP contribution < -0.4 is 10.6 Å². The lowest BCUT2D eigenvalue weighted by Gasteiger charge is -2.18. The zero-order chi connectivity index (χ0) is 17.6. The standard InChI is InChI=1S/C17H24N4O2S/c1-17(2,3)14-20-21-16(24-14)19-15(23)18-13(10-7-11-22)12-8-5-4-6-9-12/h4-6,8-9,13,22H,7,10-11H2,1-3H3,(H2,18,19,21,23). The van der Waals surface area contributed by atoms with E-state index in [9.17, 15) is 4.79 Å². The van der Waals surface area contributed by atoms with E-state index in [-0.39, 0.29) is 24.1 Å². The second-order valence-corrected chi connectivity index (χ2v) is 7.57. The molecule has 130 valence electrons. The number of aromatic nitrogens is 2. The van der Waals surface area contributed by atoms with Crippen LogP contribution in [-0.4, -0.2) is 27.9 Å². The number of benzene rings is 1. The maximum Gasteiger partial charge on any atom is 0.321 e. The van der Waals surface area contributed by atoms with E-state index in [1.165, 1.54) is 11.3 Å². The van der Waals surface area contributed by atoms with Crippen molar-refractivity contribution in [3.8, 4) is 0 Å². The molecule has 2 amide bonds. The third kappa shape index (κ3) is 5.28. The molecule has 0 bridgehead atoms. The Labute approximate surface area is 146 Å². The Balaban J connectivity index is 2.01. The Hall–Kier alpha value is -1.99. The molecule has 0 aliphatic carbocycles. The maximum absolute atomic E-state index is 12.3. The maximum atomic E-state index is 12.3. The monoisotopic (exact) mass is 348 g/mol. The van der Waals surface area contributed by atoms with Crippen molar-refractivity contribution in [2.24, 2.45) is 0 Å². The van der Waals surface area contributed by atoms with Gasteiger partial charge in [0.25, 0.3) is 0 Å². The minimum Gasteiger partial charge on any atom is -0.396 e. The fourth-order valence-electron chi connectivity index (χ4n) is 2.17. The van der Waals surface area contributed by atoms with Gasteiger partial charge in [-0.25, -0.2) is 4.79 Å². The lowest BCUT2D eigenvalue weighted by atomic mass is 9.98. The highest BCUT2D eigenvalue weighted by atomic mass is 32.1. The third-order valence-corrected chi connectivity index (χ3v) is 4.71. The highest BCUT2D eigenvalue weighted by molar-refractivity contribution is 7.15. The molecule has 0 aliphatic heterocycles. The first-order valence-electron chi connectivity index (χ1n) is 7.97. The summed E-state index contributed by atoms with van der Waals surface area (Å²) in [6.45, 7) is 6.26. The Bertz CT molecular complexity index is 652. The van der Waals surface area contributed by atoms with Gasteiger partial charge in [-0.1, -0.05) is 62.4 Å². The van der Waals surface area contributed by atoms with Crippen molar-refractivity contribution in [3.05, 3.63) is 40.9 Å². The number of urea groups is 1. The first kappa shape index (κ1) is 18.4. The van der Waals surface area contributed by atoms with Gasteiger partial charge in [0.05, 0.1) is 6.04 Å². The van der Waals surface area contributed by atoms with Gasteiger partial charge in [0.2, 0.25) is 5.13 Å². The molecule has 24 heavy (non-hydrogen) atoms. The van der Waals surface area contributed by atoms with E-state index in [0.717, 1.165) is 10.6 Å². The molecule has 7 heteroatoms. The second kappa shape index (κ2) is 8.21. The van der Waals surface area contributed by atoms with Crippen LogP contribution in [0.15, 0.2) is 30.3 Å². The lowest BCUT2D eigenvalue weighted by molar-refractivity contribution is 0.243. The first-order valence-corrected chi connectivity index (χ1v) is 8.79. The average molecular weight is 348 g/mol. The molecule has 6 nitrogen and oxygen atoms in total. The highest BCUT2D eigenvalue weighted by Crippen LogP contribution is 2.27. The number of nitrogens with zero attached hydrogens (tertiary/aromatic N) is 2. The molecule has 0 aliphatic rings. The highest BCUT2D eigenvalue weighted by Gasteiger charge is 2.21. The zero-order valence-electron chi connectivity index (χ0n) is 14.2. The van der Waals surface area contributed by atoms with Crippen LogP contribution in [0.5, 0.6) is 0 Å². The van der Waals surface area contributed by atoms with Gasteiger partial charge in [0.1, 0.15) is 5.01 Å². The largest absolute Gasteiger partial charge is 0.396 e. The fraction of sp³-hybridized carbons (Fsp3) is 0.471. The van der Waals surface area contributed by atoms with Crippen molar-refractivity contribution in [2.75, 3.05) is 11.9 Å². The number of hydrogen-bond donors (Lipinski definition) is 3. The molecule has 0 saturated heterocycles.